The highest BCUT2D eigenvalue weighted by molar-refractivity contribution is 5.79. The molecule has 3 heteroatoms. The SMILES string of the molecule is CC[C@H]1C(=O)OC[C@@H]1C=O. The van der Waals surface area contributed by atoms with Crippen LogP contribution in [0.3, 0.4) is 0 Å². The average molecular weight is 142 g/mol. The molecule has 56 valence electrons. The lowest BCUT2D eigenvalue weighted by atomic mass is 9.95. The predicted octanol–water partition coefficient (Wildman–Crippen LogP) is 0.385. The molecule has 0 radical (unpaired) electrons. The van der Waals surface area contributed by atoms with Crippen molar-refractivity contribution in [1.29, 1.82) is 0 Å². The second-order valence-corrected chi connectivity index (χ2v) is 2.44. The maximum atomic E-state index is 10.8. The smallest absolute Gasteiger partial charge is 0.309 e. The molecule has 1 aliphatic heterocycles. The third-order valence-corrected chi connectivity index (χ3v) is 1.85. The number of rotatable bonds is 2. The predicted molar refractivity (Wildman–Crippen MR) is 34.3 cm³/mol. The molecule has 1 aliphatic rings. The van der Waals surface area contributed by atoms with Crippen LogP contribution in [0.1, 0.15) is 13.3 Å². The van der Waals surface area contributed by atoms with Crippen molar-refractivity contribution >= 4 is 12.3 Å². The number of aldehydes is 1. The van der Waals surface area contributed by atoms with Gasteiger partial charge in [-0.2, -0.15) is 0 Å². The topological polar surface area (TPSA) is 43.4 Å². The third-order valence-electron chi connectivity index (χ3n) is 1.85. The molecule has 0 aromatic heterocycles. The highest BCUT2D eigenvalue weighted by Gasteiger charge is 2.34. The summed E-state index contributed by atoms with van der Waals surface area (Å²) < 4.78 is 4.69. The van der Waals surface area contributed by atoms with Gasteiger partial charge in [0.2, 0.25) is 0 Å². The fourth-order valence-electron chi connectivity index (χ4n) is 1.18. The Hall–Kier alpha value is -0.860. The minimum atomic E-state index is -0.223. The van der Waals surface area contributed by atoms with E-state index in [0.29, 0.717) is 6.42 Å². The number of carbonyl (C=O) groups excluding carboxylic acids is 2. The Kier molecular flexibility index (Phi) is 2.04. The molecule has 0 amide bonds. The summed E-state index contributed by atoms with van der Waals surface area (Å²) in [6, 6.07) is 0. The highest BCUT2D eigenvalue weighted by atomic mass is 16.5. The molecule has 1 fully saturated rings. The molecule has 1 rings (SSSR count). The highest BCUT2D eigenvalue weighted by Crippen LogP contribution is 2.22. The summed E-state index contributed by atoms with van der Waals surface area (Å²) in [6.45, 7) is 2.16. The number of carbonyl (C=O) groups is 2. The van der Waals surface area contributed by atoms with E-state index in [1.165, 1.54) is 0 Å². The third kappa shape index (κ3) is 1.03. The van der Waals surface area contributed by atoms with Gasteiger partial charge in [0.1, 0.15) is 12.9 Å². The summed E-state index contributed by atoms with van der Waals surface area (Å²) in [5, 5.41) is 0. The Balaban J connectivity index is 2.62. The van der Waals surface area contributed by atoms with Crippen molar-refractivity contribution in [2.24, 2.45) is 11.8 Å². The molecule has 0 saturated carbocycles. The van der Waals surface area contributed by atoms with Gasteiger partial charge in [-0.15, -0.1) is 0 Å². The molecule has 0 bridgehead atoms. The largest absolute Gasteiger partial charge is 0.465 e. The van der Waals surface area contributed by atoms with Crippen molar-refractivity contribution < 1.29 is 14.3 Å². The molecule has 2 atom stereocenters. The van der Waals surface area contributed by atoms with Crippen LogP contribution in [0, 0.1) is 11.8 Å². The van der Waals surface area contributed by atoms with Gasteiger partial charge in [0.15, 0.2) is 0 Å². The fraction of sp³-hybridized carbons (Fsp3) is 0.714. The minimum absolute atomic E-state index is 0.183. The summed E-state index contributed by atoms with van der Waals surface area (Å²) in [4.78, 5) is 21.1. The standard InChI is InChI=1S/C7H10O3/c1-2-6-5(3-8)4-10-7(6)9/h3,5-6H,2,4H2,1H3/t5-,6+/m0/s1. The zero-order chi connectivity index (χ0) is 7.56. The molecule has 1 saturated heterocycles. The Bertz CT molecular complexity index is 153. The lowest BCUT2D eigenvalue weighted by Gasteiger charge is -2.03. The summed E-state index contributed by atoms with van der Waals surface area (Å²) in [5.74, 6) is -0.602. The van der Waals surface area contributed by atoms with Gasteiger partial charge >= 0.3 is 5.97 Å². The van der Waals surface area contributed by atoms with E-state index < -0.39 is 0 Å². The number of cyclic esters (lactones) is 1. The Morgan fingerprint density at radius 1 is 1.80 bits per heavy atom. The second kappa shape index (κ2) is 2.82. The van der Waals surface area contributed by atoms with Crippen LogP contribution in [0.15, 0.2) is 0 Å². The number of ether oxygens (including phenoxy) is 1. The number of hydrogen-bond acceptors (Lipinski definition) is 3. The summed E-state index contributed by atoms with van der Waals surface area (Å²) in [5.41, 5.74) is 0. The van der Waals surface area contributed by atoms with E-state index in [0.717, 1.165) is 6.29 Å². The molecule has 0 unspecified atom stereocenters. The molecular weight excluding hydrogens is 132 g/mol. The monoisotopic (exact) mass is 142 g/mol. The van der Waals surface area contributed by atoms with Gasteiger partial charge < -0.3 is 9.53 Å². The van der Waals surface area contributed by atoms with E-state index in [1.54, 1.807) is 0 Å². The van der Waals surface area contributed by atoms with Crippen LogP contribution in [0.2, 0.25) is 0 Å². The molecule has 1 heterocycles. The Morgan fingerprint density at radius 3 is 2.90 bits per heavy atom. The van der Waals surface area contributed by atoms with Gasteiger partial charge in [-0.05, 0) is 6.42 Å². The molecule has 10 heavy (non-hydrogen) atoms. The maximum absolute atomic E-state index is 10.8. The van der Waals surface area contributed by atoms with Crippen molar-refractivity contribution in [3.63, 3.8) is 0 Å². The summed E-state index contributed by atoms with van der Waals surface area (Å²) in [6.07, 6.45) is 1.50. The van der Waals surface area contributed by atoms with Gasteiger partial charge in [0.25, 0.3) is 0 Å². The Morgan fingerprint density at radius 2 is 2.50 bits per heavy atom. The first-order valence-corrected chi connectivity index (χ1v) is 3.41. The van der Waals surface area contributed by atoms with Crippen LogP contribution in [-0.2, 0) is 14.3 Å². The molecule has 0 aromatic carbocycles. The summed E-state index contributed by atoms with van der Waals surface area (Å²) >= 11 is 0. The molecule has 0 N–H and O–H groups in total. The lowest BCUT2D eigenvalue weighted by Crippen LogP contribution is -2.15. The Labute approximate surface area is 59.4 Å². The van der Waals surface area contributed by atoms with Gasteiger partial charge in [0.05, 0.1) is 11.8 Å². The first-order chi connectivity index (χ1) is 4.79. The van der Waals surface area contributed by atoms with Crippen LogP contribution in [0.25, 0.3) is 0 Å². The quantitative estimate of drug-likeness (QED) is 0.413. The van der Waals surface area contributed by atoms with Crippen LogP contribution in [0.5, 0.6) is 0 Å². The van der Waals surface area contributed by atoms with Gasteiger partial charge in [-0.3, -0.25) is 4.79 Å². The van der Waals surface area contributed by atoms with E-state index in [4.69, 9.17) is 0 Å². The summed E-state index contributed by atoms with van der Waals surface area (Å²) in [7, 11) is 0. The number of hydrogen-bond donors (Lipinski definition) is 0. The van der Waals surface area contributed by atoms with E-state index in [9.17, 15) is 9.59 Å². The van der Waals surface area contributed by atoms with Gasteiger partial charge in [0, 0.05) is 0 Å². The van der Waals surface area contributed by atoms with Crippen molar-refractivity contribution in [2.75, 3.05) is 6.61 Å². The molecule has 0 aromatic rings. The van der Waals surface area contributed by atoms with E-state index in [2.05, 4.69) is 4.74 Å². The zero-order valence-corrected chi connectivity index (χ0v) is 5.87. The van der Waals surface area contributed by atoms with Crippen molar-refractivity contribution in [3.8, 4) is 0 Å². The molecule has 0 spiro atoms. The normalized spacial score (nSPS) is 31.9. The van der Waals surface area contributed by atoms with Crippen molar-refractivity contribution in [2.45, 2.75) is 13.3 Å². The van der Waals surface area contributed by atoms with Crippen LogP contribution in [-0.4, -0.2) is 18.9 Å². The molecule has 0 aliphatic carbocycles. The molecular formula is C7H10O3. The van der Waals surface area contributed by atoms with Crippen LogP contribution >= 0.6 is 0 Å². The first-order valence-electron chi connectivity index (χ1n) is 3.41. The van der Waals surface area contributed by atoms with Crippen molar-refractivity contribution in [1.82, 2.24) is 0 Å². The molecule has 3 nitrogen and oxygen atoms in total. The average Bonchev–Trinajstić information content (AvgIpc) is 2.30. The maximum Gasteiger partial charge on any atom is 0.309 e. The van der Waals surface area contributed by atoms with Gasteiger partial charge in [-0.1, -0.05) is 6.92 Å². The lowest BCUT2D eigenvalue weighted by molar-refractivity contribution is -0.141. The second-order valence-electron chi connectivity index (χ2n) is 2.44. The van der Waals surface area contributed by atoms with Crippen LogP contribution < -0.4 is 0 Å². The minimum Gasteiger partial charge on any atom is -0.465 e. The van der Waals surface area contributed by atoms with Crippen LogP contribution in [0.4, 0.5) is 0 Å². The van der Waals surface area contributed by atoms with E-state index in [-0.39, 0.29) is 24.4 Å². The van der Waals surface area contributed by atoms with E-state index in [1.807, 2.05) is 6.92 Å². The fourth-order valence-corrected chi connectivity index (χ4v) is 1.18. The number of esters is 1. The van der Waals surface area contributed by atoms with Crippen molar-refractivity contribution in [3.05, 3.63) is 0 Å². The van der Waals surface area contributed by atoms with Gasteiger partial charge in [-0.25, -0.2) is 0 Å². The zero-order valence-electron chi connectivity index (χ0n) is 5.87. The first kappa shape index (κ1) is 7.25. The van der Waals surface area contributed by atoms with E-state index >= 15 is 0 Å².